The number of ether oxygens (including phenoxy) is 5. The van der Waals surface area contributed by atoms with Crippen molar-refractivity contribution in [1.29, 1.82) is 0 Å². The number of carbonyl (C=O) groups is 2. The van der Waals surface area contributed by atoms with Crippen molar-refractivity contribution in [2.24, 2.45) is 23.7 Å². The van der Waals surface area contributed by atoms with Crippen LogP contribution in [0.25, 0.3) is 11.2 Å². The quantitative estimate of drug-likeness (QED) is 0.235. The molecule has 3 aromatic rings. The SMILES string of the molecule is COc1ccc(C[C@H](NC(=O)OC2CCCC3(COC4(O3)C3CC5CC(C3)CC4C5)C2)C(=O)N[C@H]2[C@@H](O)[C@H](n3cnc4c(N(C)C)ncnc43)O[C@@H]2CO)cc1. The van der Waals surface area contributed by atoms with E-state index in [2.05, 4.69) is 25.6 Å². The van der Waals surface area contributed by atoms with Gasteiger partial charge in [-0.25, -0.2) is 19.7 Å². The molecule has 16 heteroatoms. The molecule has 2 unspecified atom stereocenters. The highest BCUT2D eigenvalue weighted by molar-refractivity contribution is 5.86. The third kappa shape index (κ3) is 6.66. The molecule has 56 heavy (non-hydrogen) atoms. The molecule has 302 valence electrons. The van der Waals surface area contributed by atoms with Gasteiger partial charge in [-0.2, -0.15) is 0 Å². The molecule has 2 aromatic heterocycles. The van der Waals surface area contributed by atoms with Gasteiger partial charge in [0.25, 0.3) is 0 Å². The van der Waals surface area contributed by atoms with Crippen LogP contribution in [0, 0.1) is 23.7 Å². The molecular formula is C40H53N7O9. The lowest BCUT2D eigenvalue weighted by atomic mass is 9.53. The molecule has 16 nitrogen and oxygen atoms in total. The van der Waals surface area contributed by atoms with E-state index in [4.69, 9.17) is 23.7 Å². The number of hydrogen-bond acceptors (Lipinski definition) is 13. The van der Waals surface area contributed by atoms with E-state index >= 15 is 0 Å². The number of carbonyl (C=O) groups excluding carboxylic acids is 2. The van der Waals surface area contributed by atoms with Crippen molar-refractivity contribution in [3.63, 3.8) is 0 Å². The number of aliphatic hydroxyl groups is 2. The molecule has 4 bridgehead atoms. The van der Waals surface area contributed by atoms with Crippen molar-refractivity contribution in [1.82, 2.24) is 30.2 Å². The number of aromatic nitrogens is 4. The Morgan fingerprint density at radius 3 is 2.52 bits per heavy atom. The summed E-state index contributed by atoms with van der Waals surface area (Å²) in [6.07, 6.45) is 7.60. The third-order valence-electron chi connectivity index (χ3n) is 13.4. The van der Waals surface area contributed by atoms with Crippen LogP contribution in [0.3, 0.4) is 0 Å². The van der Waals surface area contributed by atoms with Crippen LogP contribution >= 0.6 is 0 Å². The number of benzene rings is 1. The fourth-order valence-corrected chi connectivity index (χ4v) is 10.9. The Kier molecular flexibility index (Phi) is 9.83. The first-order valence-corrected chi connectivity index (χ1v) is 20.1. The normalized spacial score (nSPS) is 36.3. The van der Waals surface area contributed by atoms with Crippen molar-refractivity contribution in [3.8, 4) is 5.75 Å². The second-order valence-electron chi connectivity index (χ2n) is 17.2. The summed E-state index contributed by atoms with van der Waals surface area (Å²) >= 11 is 0. The smallest absolute Gasteiger partial charge is 0.408 e. The maximum Gasteiger partial charge on any atom is 0.408 e. The summed E-state index contributed by atoms with van der Waals surface area (Å²) in [6, 6.07) is 5.09. The van der Waals surface area contributed by atoms with Crippen LogP contribution in [-0.2, 0) is 30.2 Å². The molecule has 2 aliphatic heterocycles. The van der Waals surface area contributed by atoms with Crippen LogP contribution in [0.2, 0.25) is 0 Å². The second kappa shape index (κ2) is 14.7. The molecule has 7 aliphatic rings. The van der Waals surface area contributed by atoms with E-state index in [0.717, 1.165) is 30.2 Å². The fraction of sp³-hybridized carbons (Fsp3) is 0.675. The van der Waals surface area contributed by atoms with Gasteiger partial charge in [0, 0.05) is 38.8 Å². The maximum atomic E-state index is 14.1. The van der Waals surface area contributed by atoms with Gasteiger partial charge in [0.15, 0.2) is 29.0 Å². The fourth-order valence-electron chi connectivity index (χ4n) is 10.9. The van der Waals surface area contributed by atoms with Crippen LogP contribution < -0.4 is 20.3 Å². The zero-order valence-corrected chi connectivity index (χ0v) is 32.2. The number of alkyl carbamates (subject to hydrolysis) is 1. The van der Waals surface area contributed by atoms with Crippen LogP contribution in [0.5, 0.6) is 5.75 Å². The average molecular weight is 776 g/mol. The van der Waals surface area contributed by atoms with E-state index in [1.807, 2.05) is 26.2 Å². The van der Waals surface area contributed by atoms with Crippen LogP contribution in [-0.4, -0.2) is 118 Å². The topological polar surface area (TPSA) is 192 Å². The first kappa shape index (κ1) is 37.5. The van der Waals surface area contributed by atoms with E-state index in [0.29, 0.717) is 54.0 Å². The number of anilines is 1. The minimum Gasteiger partial charge on any atom is -0.497 e. The predicted molar refractivity (Wildman–Crippen MR) is 200 cm³/mol. The van der Waals surface area contributed by atoms with Gasteiger partial charge in [0.05, 0.1) is 38.3 Å². The van der Waals surface area contributed by atoms with Gasteiger partial charge in [-0.3, -0.25) is 9.36 Å². The van der Waals surface area contributed by atoms with Crippen molar-refractivity contribution >= 4 is 29.0 Å². The molecule has 4 N–H and O–H groups in total. The number of fused-ring (bicyclic) bond motifs is 1. The van der Waals surface area contributed by atoms with Crippen molar-refractivity contribution in [2.45, 2.75) is 112 Å². The van der Waals surface area contributed by atoms with Crippen molar-refractivity contribution < 1.29 is 43.5 Å². The first-order chi connectivity index (χ1) is 27.1. The number of imidazole rings is 1. The molecule has 1 aromatic carbocycles. The number of methoxy groups -OCH3 is 1. The Hall–Kier alpha value is -4.09. The molecule has 0 radical (unpaired) electrons. The highest BCUT2D eigenvalue weighted by Crippen LogP contribution is 2.63. The summed E-state index contributed by atoms with van der Waals surface area (Å²) in [7, 11) is 5.25. The molecular weight excluding hydrogens is 722 g/mol. The van der Waals surface area contributed by atoms with E-state index in [-0.39, 0.29) is 6.42 Å². The first-order valence-electron chi connectivity index (χ1n) is 20.1. The van der Waals surface area contributed by atoms with Crippen LogP contribution in [0.4, 0.5) is 10.6 Å². The van der Waals surface area contributed by atoms with Gasteiger partial charge in [-0.15, -0.1) is 0 Å². The van der Waals surface area contributed by atoms with Gasteiger partial charge in [-0.05, 0) is 80.9 Å². The molecule has 10 rings (SSSR count). The average Bonchev–Trinajstić information content (AvgIpc) is 3.87. The number of aliphatic hydroxyl groups excluding tert-OH is 2. The standard InChI is InChI=1S/C40H53N7O9/c1-46(2)34-32-35(42-20-41-34)47(21-43-32)37-33(49)31(30(18-48)55-37)45-36(50)29(16-22-6-8-27(52-3)9-7-22)44-38(51)54-28-5-4-10-39(17-28)19-53-40(56-39)25-12-23-11-24(14-25)15-26(40)13-23/h6-9,20-21,23-26,28-31,33,37,48-49H,4-5,10-19H2,1-3H3,(H,44,51)(H,45,50)/t23?,24?,25?,26?,28?,29-,30+,31+,33+,37+,39?,40?/m0/s1. The Morgan fingerprint density at radius 1 is 1.07 bits per heavy atom. The van der Waals surface area contributed by atoms with Crippen LogP contribution in [0.15, 0.2) is 36.9 Å². The summed E-state index contributed by atoms with van der Waals surface area (Å²) in [5.74, 6) is 2.63. The molecule has 7 atom stereocenters. The minimum absolute atomic E-state index is 0.122. The number of hydrogen-bond donors (Lipinski definition) is 4. The van der Waals surface area contributed by atoms with Crippen LogP contribution in [0.1, 0.15) is 69.6 Å². The summed E-state index contributed by atoms with van der Waals surface area (Å²) in [6.45, 7) is 0.0254. The molecule has 2 spiro atoms. The van der Waals surface area contributed by atoms with Gasteiger partial charge in [0.1, 0.15) is 36.4 Å². The summed E-state index contributed by atoms with van der Waals surface area (Å²) in [5, 5.41) is 27.6. The number of rotatable bonds is 10. The highest BCUT2D eigenvalue weighted by Gasteiger charge is 2.65. The lowest BCUT2D eigenvalue weighted by Crippen LogP contribution is -2.59. The summed E-state index contributed by atoms with van der Waals surface area (Å²) < 4.78 is 32.8. The Balaban J connectivity index is 0.890. The zero-order chi connectivity index (χ0) is 38.8. The highest BCUT2D eigenvalue weighted by atomic mass is 16.8. The van der Waals surface area contributed by atoms with E-state index < -0.39 is 66.6 Å². The second-order valence-corrected chi connectivity index (χ2v) is 17.2. The molecule has 5 saturated carbocycles. The van der Waals surface area contributed by atoms with Gasteiger partial charge in [-0.1, -0.05) is 12.1 Å². The largest absolute Gasteiger partial charge is 0.497 e. The van der Waals surface area contributed by atoms with E-state index in [1.165, 1.54) is 44.8 Å². The predicted octanol–water partition coefficient (Wildman–Crippen LogP) is 2.85. The Morgan fingerprint density at radius 2 is 1.82 bits per heavy atom. The van der Waals surface area contributed by atoms with Gasteiger partial charge < -0.3 is 49.4 Å². The van der Waals surface area contributed by atoms with Gasteiger partial charge >= 0.3 is 6.09 Å². The number of nitrogens with one attached hydrogen (secondary N) is 2. The van der Waals surface area contributed by atoms with Gasteiger partial charge in [0.2, 0.25) is 5.91 Å². The Bertz CT molecular complexity index is 1900. The molecule has 2 saturated heterocycles. The number of nitrogens with zero attached hydrogens (tertiary/aromatic N) is 5. The van der Waals surface area contributed by atoms with E-state index in [1.54, 1.807) is 28.7 Å². The molecule has 2 amide bonds. The lowest BCUT2D eigenvalue weighted by molar-refractivity contribution is -0.307. The van der Waals surface area contributed by atoms with E-state index in [9.17, 15) is 19.8 Å². The van der Waals surface area contributed by atoms with Crippen molar-refractivity contribution in [2.75, 3.05) is 39.3 Å². The lowest BCUT2D eigenvalue weighted by Gasteiger charge is -2.58. The van der Waals surface area contributed by atoms with Crippen molar-refractivity contribution in [3.05, 3.63) is 42.5 Å². The maximum absolute atomic E-state index is 14.1. The minimum atomic E-state index is -1.30. The molecule has 4 heterocycles. The summed E-state index contributed by atoms with van der Waals surface area (Å²) in [5.41, 5.74) is 1.20. The third-order valence-corrected chi connectivity index (χ3v) is 13.4. The molecule has 5 aliphatic carbocycles. The summed E-state index contributed by atoms with van der Waals surface area (Å²) in [4.78, 5) is 42.8. The monoisotopic (exact) mass is 775 g/mol. The molecule has 7 fully saturated rings. The number of amides is 2. The zero-order valence-electron chi connectivity index (χ0n) is 32.2. The Labute approximate surface area is 325 Å².